The molecule has 2 aliphatic heterocycles. The van der Waals surface area contributed by atoms with Crippen molar-refractivity contribution in [3.63, 3.8) is 0 Å². The summed E-state index contributed by atoms with van der Waals surface area (Å²) >= 11 is 0. The van der Waals surface area contributed by atoms with Gasteiger partial charge in [0.25, 0.3) is 0 Å². The minimum absolute atomic E-state index is 0.0622. The topological polar surface area (TPSA) is 38.8 Å². The van der Waals surface area contributed by atoms with Crippen molar-refractivity contribution >= 4 is 5.78 Å². The monoisotopic (exact) mass is 539 g/mol. The fraction of sp³-hybridized carbons (Fsp3) is 0.464. The first kappa shape index (κ1) is 26.7. The van der Waals surface area contributed by atoms with Gasteiger partial charge in [-0.25, -0.2) is 0 Å². The Labute approximate surface area is 216 Å². The number of ketones is 1. The van der Waals surface area contributed by atoms with Gasteiger partial charge < -0.3 is 14.4 Å². The predicted molar refractivity (Wildman–Crippen MR) is 126 cm³/mol. The van der Waals surface area contributed by atoms with Crippen molar-refractivity contribution in [3.05, 3.63) is 82.6 Å². The lowest BCUT2D eigenvalue weighted by Crippen LogP contribution is -2.42. The van der Waals surface area contributed by atoms with Crippen LogP contribution in [0.1, 0.15) is 54.0 Å². The Hall–Kier alpha value is -2.85. The Morgan fingerprint density at radius 3 is 2.18 bits per heavy atom. The summed E-state index contributed by atoms with van der Waals surface area (Å²) in [7, 11) is 0. The number of likely N-dealkylation sites (tertiary alicyclic amines) is 1. The van der Waals surface area contributed by atoms with E-state index in [-0.39, 0.29) is 35.2 Å². The van der Waals surface area contributed by atoms with E-state index in [1.165, 1.54) is 6.92 Å². The van der Waals surface area contributed by atoms with Crippen LogP contribution >= 0.6 is 0 Å². The molecule has 2 aromatic carbocycles. The second-order valence-electron chi connectivity index (χ2n) is 10.2. The molecule has 10 heteroatoms. The molecule has 2 heterocycles. The summed E-state index contributed by atoms with van der Waals surface area (Å²) in [5, 5.41) is 0. The molecule has 4 nitrogen and oxygen atoms in total. The van der Waals surface area contributed by atoms with E-state index in [4.69, 9.17) is 9.47 Å². The van der Waals surface area contributed by atoms with Crippen molar-refractivity contribution in [2.75, 3.05) is 19.7 Å². The molecule has 0 unspecified atom stereocenters. The lowest BCUT2D eigenvalue weighted by Gasteiger charge is -2.40. The van der Waals surface area contributed by atoms with Gasteiger partial charge >= 0.3 is 12.4 Å². The van der Waals surface area contributed by atoms with Gasteiger partial charge in [0.05, 0.1) is 23.8 Å². The van der Waals surface area contributed by atoms with E-state index < -0.39 is 35.9 Å². The molecule has 1 aliphatic carbocycles. The predicted octanol–water partition coefficient (Wildman–Crippen LogP) is 6.74. The minimum atomic E-state index is -4.94. The summed E-state index contributed by atoms with van der Waals surface area (Å²) in [5.41, 5.74) is -1.09. The summed E-state index contributed by atoms with van der Waals surface area (Å²) < 4.78 is 92.7. The third kappa shape index (κ3) is 5.47. The largest absolute Gasteiger partial charge is 0.416 e. The molecule has 5 atom stereocenters. The second kappa shape index (κ2) is 10.0. The molecule has 0 saturated carbocycles. The molecule has 204 valence electrons. The van der Waals surface area contributed by atoms with Crippen molar-refractivity contribution in [2.45, 2.75) is 50.4 Å². The number of hydrogen-bond donors (Lipinski definition) is 0. The fourth-order valence-corrected chi connectivity index (χ4v) is 5.77. The zero-order valence-electron chi connectivity index (χ0n) is 20.6. The molecule has 0 spiro atoms. The van der Waals surface area contributed by atoms with Crippen LogP contribution in [-0.4, -0.2) is 36.7 Å². The Balaban J connectivity index is 1.43. The maximum absolute atomic E-state index is 13.4. The van der Waals surface area contributed by atoms with Gasteiger partial charge in [-0.3, -0.25) is 4.79 Å². The number of fused-ring (bicyclic) bond motifs is 1. The van der Waals surface area contributed by atoms with Gasteiger partial charge in [-0.15, -0.1) is 0 Å². The molecule has 2 fully saturated rings. The molecular weight excluding hydrogens is 512 g/mol. The maximum atomic E-state index is 13.4. The third-order valence-corrected chi connectivity index (χ3v) is 7.68. The summed E-state index contributed by atoms with van der Waals surface area (Å²) in [5.74, 6) is -0.00220. The van der Waals surface area contributed by atoms with Crippen molar-refractivity contribution in [2.24, 2.45) is 11.8 Å². The van der Waals surface area contributed by atoms with E-state index in [1.807, 2.05) is 30.3 Å². The number of rotatable bonds is 5. The molecule has 2 aromatic rings. The average Bonchev–Trinajstić information content (AvgIpc) is 3.49. The van der Waals surface area contributed by atoms with Crippen LogP contribution in [0.15, 0.2) is 60.3 Å². The Morgan fingerprint density at radius 1 is 0.947 bits per heavy atom. The highest BCUT2D eigenvalue weighted by Gasteiger charge is 2.48. The molecular formula is C28H27F6NO3. The molecule has 0 aromatic heterocycles. The van der Waals surface area contributed by atoms with E-state index in [2.05, 4.69) is 4.90 Å². The minimum Gasteiger partial charge on any atom is -0.374 e. The van der Waals surface area contributed by atoms with E-state index in [0.29, 0.717) is 44.7 Å². The summed E-state index contributed by atoms with van der Waals surface area (Å²) in [6.45, 7) is 3.13. The number of alkyl halides is 6. The van der Waals surface area contributed by atoms with Gasteiger partial charge in [0.15, 0.2) is 12.1 Å². The van der Waals surface area contributed by atoms with E-state index >= 15 is 0 Å². The first-order valence-corrected chi connectivity index (χ1v) is 12.5. The van der Waals surface area contributed by atoms with Gasteiger partial charge in [0.2, 0.25) is 0 Å². The number of ether oxygens (including phenoxy) is 2. The van der Waals surface area contributed by atoms with Gasteiger partial charge in [-0.05, 0) is 48.6 Å². The molecule has 0 amide bonds. The number of halogens is 6. The number of carbonyl (C=O) groups is 1. The summed E-state index contributed by atoms with van der Waals surface area (Å²) in [4.78, 5) is 14.0. The van der Waals surface area contributed by atoms with Gasteiger partial charge in [0.1, 0.15) is 0 Å². The molecule has 5 rings (SSSR count). The third-order valence-electron chi connectivity index (χ3n) is 7.68. The van der Waals surface area contributed by atoms with Crippen molar-refractivity contribution < 1.29 is 40.6 Å². The zero-order chi connectivity index (χ0) is 27.2. The van der Waals surface area contributed by atoms with Gasteiger partial charge in [-0.1, -0.05) is 30.3 Å². The van der Waals surface area contributed by atoms with E-state index in [9.17, 15) is 31.1 Å². The lowest BCUT2D eigenvalue weighted by atomic mass is 9.77. The van der Waals surface area contributed by atoms with Gasteiger partial charge in [0, 0.05) is 43.1 Å². The number of nitrogens with zero attached hydrogens (tertiary/aromatic N) is 1. The number of allylic oxidation sites excluding steroid dienone is 2. The molecule has 3 aliphatic rings. The van der Waals surface area contributed by atoms with Crippen LogP contribution in [0.5, 0.6) is 0 Å². The second-order valence-corrected chi connectivity index (χ2v) is 10.2. The molecule has 38 heavy (non-hydrogen) atoms. The van der Waals surface area contributed by atoms with Crippen LogP contribution in [0, 0.1) is 11.8 Å². The lowest BCUT2D eigenvalue weighted by molar-refractivity contribution is -0.217. The Bertz CT molecular complexity index is 1180. The number of carbonyl (C=O) groups excluding carboxylic acids is 1. The van der Waals surface area contributed by atoms with E-state index in [1.54, 1.807) is 6.08 Å². The number of hydrogen-bond acceptors (Lipinski definition) is 4. The average molecular weight is 540 g/mol. The Kier molecular flexibility index (Phi) is 7.06. The highest BCUT2D eigenvalue weighted by Crippen LogP contribution is 2.46. The SMILES string of the molecule is C[C@@H](O[C@H]1OC[C@@H]2CN(C3=CC(=O)CC3)C[C@H]2[C@@H]1c1ccccc1)c1cc(C(F)(F)F)cc(C(F)(F)F)c1. The van der Waals surface area contributed by atoms with Crippen LogP contribution in [0.25, 0.3) is 0 Å². The van der Waals surface area contributed by atoms with Crippen LogP contribution < -0.4 is 0 Å². The van der Waals surface area contributed by atoms with Crippen molar-refractivity contribution in [3.8, 4) is 0 Å². The number of benzene rings is 2. The molecule has 0 radical (unpaired) electrons. The quantitative estimate of drug-likeness (QED) is 0.395. The van der Waals surface area contributed by atoms with Crippen LogP contribution in [-0.2, 0) is 26.6 Å². The van der Waals surface area contributed by atoms with Crippen LogP contribution in [0.4, 0.5) is 26.3 Å². The molecule has 0 N–H and O–H groups in total. The Morgan fingerprint density at radius 2 is 1.61 bits per heavy atom. The summed E-state index contributed by atoms with van der Waals surface area (Å²) in [6.07, 6.45) is -9.02. The normalized spacial score (nSPS) is 26.9. The zero-order valence-corrected chi connectivity index (χ0v) is 20.6. The summed E-state index contributed by atoms with van der Waals surface area (Å²) in [6, 6.07) is 10.9. The highest BCUT2D eigenvalue weighted by atomic mass is 19.4. The van der Waals surface area contributed by atoms with Crippen LogP contribution in [0.3, 0.4) is 0 Å². The highest BCUT2D eigenvalue weighted by molar-refractivity contribution is 5.92. The standard InChI is InChI=1S/C28H27F6NO3/c1-16(18-9-20(27(29,30)31)11-21(10-18)28(32,33)34)38-26-25(17-5-3-2-4-6-17)24-14-35(13-19(24)15-37-26)22-7-8-23(36)12-22/h2-6,9-12,16,19,24-26H,7-8,13-15H2,1H3/t16-,19+,24-,25+,26-/m1/s1. The van der Waals surface area contributed by atoms with Crippen LogP contribution in [0.2, 0.25) is 0 Å². The fourth-order valence-electron chi connectivity index (χ4n) is 5.77. The molecule has 2 saturated heterocycles. The van der Waals surface area contributed by atoms with Crippen molar-refractivity contribution in [1.82, 2.24) is 4.90 Å². The smallest absolute Gasteiger partial charge is 0.374 e. The molecule has 0 bridgehead atoms. The van der Waals surface area contributed by atoms with Gasteiger partial charge in [-0.2, -0.15) is 26.3 Å². The van der Waals surface area contributed by atoms with E-state index in [0.717, 1.165) is 11.3 Å². The maximum Gasteiger partial charge on any atom is 0.416 e. The first-order chi connectivity index (χ1) is 17.9. The first-order valence-electron chi connectivity index (χ1n) is 12.5. The van der Waals surface area contributed by atoms with Crippen molar-refractivity contribution in [1.29, 1.82) is 0 Å².